The predicted molar refractivity (Wildman–Crippen MR) is 74.6 cm³/mol. The van der Waals surface area contributed by atoms with E-state index < -0.39 is 5.91 Å². The molecule has 3 atom stereocenters. The average Bonchev–Trinajstić information content (AvgIpc) is 2.99. The molecule has 0 aliphatic heterocycles. The Morgan fingerprint density at radius 2 is 2.26 bits per heavy atom. The summed E-state index contributed by atoms with van der Waals surface area (Å²) >= 11 is 0. The normalized spacial score (nSPS) is 28.5. The molecule has 2 aliphatic rings. The molecule has 0 spiro atoms. The molecule has 2 aliphatic carbocycles. The van der Waals surface area contributed by atoms with Crippen molar-refractivity contribution in [2.45, 2.75) is 25.7 Å². The van der Waals surface area contributed by atoms with Crippen LogP contribution >= 0.6 is 0 Å². The van der Waals surface area contributed by atoms with E-state index in [0.717, 1.165) is 18.4 Å². The second kappa shape index (κ2) is 4.72. The smallest absolute Gasteiger partial charge is 0.252 e. The number of anilines is 2. The standard InChI is InChI=1S/C14H20N4O/c15-11-5-12(13(16)19)14(18-7-11)17-6-10-4-8-1-2-9(10)3-8/h5,7-10H,1-4,6,15H2,(H2,16,19)(H,17,18). The van der Waals surface area contributed by atoms with E-state index >= 15 is 0 Å². The number of nitrogens with two attached hydrogens (primary N) is 2. The lowest BCUT2D eigenvalue weighted by Crippen LogP contribution is -2.23. The van der Waals surface area contributed by atoms with Crippen LogP contribution in [0.5, 0.6) is 0 Å². The van der Waals surface area contributed by atoms with Crippen molar-refractivity contribution in [3.63, 3.8) is 0 Å². The first-order valence-electron chi connectivity index (χ1n) is 6.92. The van der Waals surface area contributed by atoms with Crippen LogP contribution in [-0.4, -0.2) is 17.4 Å². The number of carbonyl (C=O) groups excluding carboxylic acids is 1. The minimum absolute atomic E-state index is 0.378. The van der Waals surface area contributed by atoms with Gasteiger partial charge in [-0.1, -0.05) is 6.42 Å². The summed E-state index contributed by atoms with van der Waals surface area (Å²) in [5, 5.41) is 3.28. The summed E-state index contributed by atoms with van der Waals surface area (Å²) in [5.41, 5.74) is 11.8. The molecule has 0 saturated heterocycles. The van der Waals surface area contributed by atoms with Gasteiger partial charge in [0.15, 0.2) is 0 Å². The number of fused-ring (bicyclic) bond motifs is 2. The Hall–Kier alpha value is -1.78. The van der Waals surface area contributed by atoms with Crippen LogP contribution in [-0.2, 0) is 0 Å². The molecular formula is C14H20N4O. The Balaban J connectivity index is 1.68. The van der Waals surface area contributed by atoms with Gasteiger partial charge in [0.05, 0.1) is 17.4 Å². The summed E-state index contributed by atoms with van der Waals surface area (Å²) in [6.07, 6.45) is 6.99. The number of amides is 1. The fourth-order valence-electron chi connectivity index (χ4n) is 3.66. The SMILES string of the molecule is NC(=O)c1cc(N)cnc1NCC1CC2CCC1C2. The lowest BCUT2D eigenvalue weighted by Gasteiger charge is -2.22. The summed E-state index contributed by atoms with van der Waals surface area (Å²) in [6, 6.07) is 1.58. The van der Waals surface area contributed by atoms with Crippen LogP contribution in [0, 0.1) is 17.8 Å². The Labute approximate surface area is 112 Å². The molecule has 1 aromatic rings. The van der Waals surface area contributed by atoms with Crippen LogP contribution < -0.4 is 16.8 Å². The zero-order valence-corrected chi connectivity index (χ0v) is 10.9. The topological polar surface area (TPSA) is 94.0 Å². The summed E-state index contributed by atoms with van der Waals surface area (Å²) in [7, 11) is 0. The molecule has 5 nitrogen and oxygen atoms in total. The largest absolute Gasteiger partial charge is 0.397 e. The molecule has 1 aromatic heterocycles. The van der Waals surface area contributed by atoms with Gasteiger partial charge in [-0.15, -0.1) is 0 Å². The van der Waals surface area contributed by atoms with Crippen molar-refractivity contribution in [3.05, 3.63) is 17.8 Å². The second-order valence-electron chi connectivity index (χ2n) is 5.84. The zero-order valence-electron chi connectivity index (χ0n) is 10.9. The maximum atomic E-state index is 11.4. The van der Waals surface area contributed by atoms with Crippen LogP contribution in [0.2, 0.25) is 0 Å². The average molecular weight is 260 g/mol. The Kier molecular flexibility index (Phi) is 3.05. The van der Waals surface area contributed by atoms with Gasteiger partial charge in [0.2, 0.25) is 0 Å². The van der Waals surface area contributed by atoms with E-state index in [2.05, 4.69) is 10.3 Å². The van der Waals surface area contributed by atoms with Crippen molar-refractivity contribution in [3.8, 4) is 0 Å². The number of rotatable bonds is 4. The van der Waals surface area contributed by atoms with Crippen molar-refractivity contribution in [1.29, 1.82) is 0 Å². The third-order valence-electron chi connectivity index (χ3n) is 4.59. The van der Waals surface area contributed by atoms with Crippen molar-refractivity contribution in [2.75, 3.05) is 17.6 Å². The first kappa shape index (κ1) is 12.3. The van der Waals surface area contributed by atoms with E-state index in [9.17, 15) is 4.79 Å². The van der Waals surface area contributed by atoms with Crippen molar-refractivity contribution >= 4 is 17.4 Å². The van der Waals surface area contributed by atoms with E-state index in [1.807, 2.05) is 0 Å². The third-order valence-corrected chi connectivity index (χ3v) is 4.59. The third kappa shape index (κ3) is 2.37. The van der Waals surface area contributed by atoms with Crippen molar-refractivity contribution in [2.24, 2.45) is 23.5 Å². The van der Waals surface area contributed by atoms with Crippen LogP contribution in [0.3, 0.4) is 0 Å². The van der Waals surface area contributed by atoms with Crippen LogP contribution in [0.1, 0.15) is 36.0 Å². The predicted octanol–water partition coefficient (Wildman–Crippen LogP) is 1.61. The van der Waals surface area contributed by atoms with E-state index in [1.54, 1.807) is 12.3 Å². The highest BCUT2D eigenvalue weighted by Crippen LogP contribution is 2.48. The quantitative estimate of drug-likeness (QED) is 0.766. The fourth-order valence-corrected chi connectivity index (χ4v) is 3.66. The molecule has 5 heteroatoms. The first-order valence-corrected chi connectivity index (χ1v) is 6.92. The van der Waals surface area contributed by atoms with Gasteiger partial charge in [0.1, 0.15) is 5.82 Å². The molecule has 2 bridgehead atoms. The Morgan fingerprint density at radius 1 is 1.42 bits per heavy atom. The van der Waals surface area contributed by atoms with Crippen LogP contribution in [0.25, 0.3) is 0 Å². The maximum Gasteiger partial charge on any atom is 0.252 e. The number of pyridine rings is 1. The lowest BCUT2D eigenvalue weighted by atomic mass is 9.89. The van der Waals surface area contributed by atoms with Gasteiger partial charge >= 0.3 is 0 Å². The lowest BCUT2D eigenvalue weighted by molar-refractivity contribution is 0.100. The monoisotopic (exact) mass is 260 g/mol. The number of carbonyl (C=O) groups is 1. The van der Waals surface area contributed by atoms with Gasteiger partial charge in [-0.3, -0.25) is 4.79 Å². The minimum Gasteiger partial charge on any atom is -0.397 e. The highest BCUT2D eigenvalue weighted by molar-refractivity contribution is 5.98. The summed E-state index contributed by atoms with van der Waals surface area (Å²) in [6.45, 7) is 0.873. The van der Waals surface area contributed by atoms with Gasteiger partial charge in [-0.2, -0.15) is 0 Å². The van der Waals surface area contributed by atoms with Gasteiger partial charge in [-0.25, -0.2) is 4.98 Å². The van der Waals surface area contributed by atoms with Crippen molar-refractivity contribution < 1.29 is 4.79 Å². The molecular weight excluding hydrogens is 240 g/mol. The molecule has 0 aromatic carbocycles. The molecule has 102 valence electrons. The molecule has 1 amide bonds. The van der Waals surface area contributed by atoms with Crippen molar-refractivity contribution in [1.82, 2.24) is 4.98 Å². The van der Waals surface area contributed by atoms with Crippen LogP contribution in [0.15, 0.2) is 12.3 Å². The van der Waals surface area contributed by atoms with Crippen LogP contribution in [0.4, 0.5) is 11.5 Å². The Bertz CT molecular complexity index is 502. The molecule has 19 heavy (non-hydrogen) atoms. The molecule has 2 saturated carbocycles. The van der Waals surface area contributed by atoms with Gasteiger partial charge in [0.25, 0.3) is 5.91 Å². The van der Waals surface area contributed by atoms with Gasteiger partial charge in [0, 0.05) is 6.54 Å². The number of nitrogens with one attached hydrogen (secondary N) is 1. The summed E-state index contributed by atoms with van der Waals surface area (Å²) < 4.78 is 0. The number of aromatic nitrogens is 1. The highest BCUT2D eigenvalue weighted by Gasteiger charge is 2.39. The number of nitrogen functional groups attached to an aromatic ring is 1. The van der Waals surface area contributed by atoms with E-state index in [0.29, 0.717) is 23.0 Å². The number of hydrogen-bond acceptors (Lipinski definition) is 4. The summed E-state index contributed by atoms with van der Waals surface area (Å²) in [5.74, 6) is 2.55. The molecule has 5 N–H and O–H groups in total. The first-order chi connectivity index (χ1) is 9.13. The fraction of sp³-hybridized carbons (Fsp3) is 0.571. The number of hydrogen-bond donors (Lipinski definition) is 3. The molecule has 3 rings (SSSR count). The van der Waals surface area contributed by atoms with E-state index in [1.165, 1.54) is 25.7 Å². The molecule has 0 radical (unpaired) electrons. The molecule has 2 fully saturated rings. The van der Waals surface area contributed by atoms with Gasteiger partial charge in [-0.05, 0) is 43.1 Å². The zero-order chi connectivity index (χ0) is 13.4. The molecule has 3 unspecified atom stereocenters. The number of primary amides is 1. The maximum absolute atomic E-state index is 11.4. The van der Waals surface area contributed by atoms with E-state index in [4.69, 9.17) is 11.5 Å². The second-order valence-corrected chi connectivity index (χ2v) is 5.84. The Morgan fingerprint density at radius 3 is 2.89 bits per heavy atom. The summed E-state index contributed by atoms with van der Waals surface area (Å²) in [4.78, 5) is 15.6. The molecule has 1 heterocycles. The highest BCUT2D eigenvalue weighted by atomic mass is 16.1. The minimum atomic E-state index is -0.491. The van der Waals surface area contributed by atoms with E-state index in [-0.39, 0.29) is 0 Å². The van der Waals surface area contributed by atoms with Gasteiger partial charge < -0.3 is 16.8 Å². The number of nitrogens with zero attached hydrogens (tertiary/aromatic N) is 1.